The molecule has 0 aromatic heterocycles. The van der Waals surface area contributed by atoms with Crippen molar-refractivity contribution in [3.05, 3.63) is 29.8 Å². The van der Waals surface area contributed by atoms with Crippen LogP contribution in [0.25, 0.3) is 0 Å². The molecule has 0 spiro atoms. The van der Waals surface area contributed by atoms with Crippen LogP contribution in [0.4, 0.5) is 0 Å². The fraction of sp³-hybridized carbons (Fsp3) is 0.600. The topological polar surface area (TPSA) is 33.9 Å². The van der Waals surface area contributed by atoms with E-state index in [-0.39, 0.29) is 5.41 Å². The maximum Gasteiger partial charge on any atom is 0.137 e. The number of hydrogen-bond acceptors (Lipinski definition) is 2. The second-order valence-corrected chi connectivity index (χ2v) is 6.15. The molecular weight excluding hydrogens is 226 g/mol. The van der Waals surface area contributed by atoms with Gasteiger partial charge in [-0.05, 0) is 23.1 Å². The molecule has 0 fully saturated rings. The molecule has 102 valence electrons. The maximum absolute atomic E-state index is 9.72. The van der Waals surface area contributed by atoms with Crippen molar-refractivity contribution in [1.82, 2.24) is 0 Å². The first-order valence-electron chi connectivity index (χ1n) is 6.49. The highest BCUT2D eigenvalue weighted by Gasteiger charge is 2.13. The SMILES string of the molecule is C[NH+](C)C[C@H](O)COc1ccc(C(C)(C)C)cc1. The molecule has 0 bridgehead atoms. The first kappa shape index (κ1) is 15.0. The van der Waals surface area contributed by atoms with Gasteiger partial charge >= 0.3 is 0 Å². The van der Waals surface area contributed by atoms with Gasteiger partial charge in [-0.3, -0.25) is 0 Å². The average Bonchev–Trinajstić information content (AvgIpc) is 2.25. The Hall–Kier alpha value is -1.06. The van der Waals surface area contributed by atoms with E-state index >= 15 is 0 Å². The zero-order valence-corrected chi connectivity index (χ0v) is 12.2. The average molecular weight is 252 g/mol. The molecule has 0 unspecified atom stereocenters. The van der Waals surface area contributed by atoms with Crippen LogP contribution in [0.1, 0.15) is 26.3 Å². The number of likely N-dealkylation sites (N-methyl/N-ethyl adjacent to an activating group) is 1. The standard InChI is InChI=1S/C15H25NO2/c1-15(2,3)12-6-8-14(9-7-12)18-11-13(17)10-16(4)5/h6-9,13,17H,10-11H2,1-5H3/p+1/t13-/m0/s1. The molecule has 0 aliphatic heterocycles. The molecule has 0 radical (unpaired) electrons. The van der Waals surface area contributed by atoms with Crippen LogP contribution >= 0.6 is 0 Å². The molecule has 18 heavy (non-hydrogen) atoms. The van der Waals surface area contributed by atoms with Crippen LogP contribution in [0.15, 0.2) is 24.3 Å². The first-order chi connectivity index (χ1) is 8.29. The number of aliphatic hydroxyl groups is 1. The third-order valence-corrected chi connectivity index (χ3v) is 2.81. The lowest BCUT2D eigenvalue weighted by Gasteiger charge is -2.19. The summed E-state index contributed by atoms with van der Waals surface area (Å²) in [6, 6.07) is 8.10. The minimum absolute atomic E-state index is 0.159. The highest BCUT2D eigenvalue weighted by Crippen LogP contribution is 2.24. The minimum atomic E-state index is -0.419. The van der Waals surface area contributed by atoms with E-state index in [1.54, 1.807) is 0 Å². The van der Waals surface area contributed by atoms with Crippen molar-refractivity contribution in [1.29, 1.82) is 0 Å². The summed E-state index contributed by atoms with van der Waals surface area (Å²) in [4.78, 5) is 1.22. The Morgan fingerprint density at radius 2 is 1.72 bits per heavy atom. The van der Waals surface area contributed by atoms with Gasteiger partial charge < -0.3 is 14.7 Å². The zero-order valence-electron chi connectivity index (χ0n) is 12.2. The molecule has 1 aromatic rings. The van der Waals surface area contributed by atoms with Crippen molar-refractivity contribution >= 4 is 0 Å². The third-order valence-electron chi connectivity index (χ3n) is 2.81. The molecule has 3 nitrogen and oxygen atoms in total. The quantitative estimate of drug-likeness (QED) is 0.815. The van der Waals surface area contributed by atoms with Crippen LogP contribution in [0, 0.1) is 0 Å². The molecule has 0 amide bonds. The van der Waals surface area contributed by atoms with Gasteiger partial charge in [0.15, 0.2) is 0 Å². The summed E-state index contributed by atoms with van der Waals surface area (Å²) in [6.45, 7) is 7.60. The molecule has 0 aliphatic carbocycles. The number of nitrogens with one attached hydrogen (secondary N) is 1. The Morgan fingerprint density at radius 3 is 2.17 bits per heavy atom. The van der Waals surface area contributed by atoms with Crippen LogP contribution in [0.5, 0.6) is 5.75 Å². The zero-order chi connectivity index (χ0) is 13.8. The molecule has 1 atom stereocenters. The summed E-state index contributed by atoms with van der Waals surface area (Å²) in [5.41, 5.74) is 1.44. The van der Waals surface area contributed by atoms with E-state index in [1.165, 1.54) is 10.5 Å². The van der Waals surface area contributed by atoms with Crippen molar-refractivity contribution in [3.63, 3.8) is 0 Å². The summed E-state index contributed by atoms with van der Waals surface area (Å²) in [7, 11) is 4.03. The Balaban J connectivity index is 2.49. The molecule has 0 aliphatic rings. The van der Waals surface area contributed by atoms with Gasteiger partial charge in [0.25, 0.3) is 0 Å². The van der Waals surface area contributed by atoms with Crippen molar-refractivity contribution < 1.29 is 14.7 Å². The number of aliphatic hydroxyl groups excluding tert-OH is 1. The van der Waals surface area contributed by atoms with Crippen molar-refractivity contribution in [2.24, 2.45) is 0 Å². The molecule has 0 saturated carbocycles. The van der Waals surface area contributed by atoms with Crippen LogP contribution < -0.4 is 9.64 Å². The maximum atomic E-state index is 9.72. The number of benzene rings is 1. The van der Waals surface area contributed by atoms with E-state index in [0.29, 0.717) is 13.2 Å². The van der Waals surface area contributed by atoms with Gasteiger partial charge in [-0.25, -0.2) is 0 Å². The first-order valence-corrected chi connectivity index (χ1v) is 6.49. The van der Waals surface area contributed by atoms with Gasteiger partial charge in [-0.1, -0.05) is 32.9 Å². The molecule has 0 heterocycles. The second kappa shape index (κ2) is 6.21. The summed E-state index contributed by atoms with van der Waals surface area (Å²) >= 11 is 0. The van der Waals surface area contributed by atoms with Gasteiger partial charge in [0.1, 0.15) is 25.0 Å². The van der Waals surface area contributed by atoms with E-state index in [4.69, 9.17) is 4.74 Å². The van der Waals surface area contributed by atoms with E-state index in [2.05, 4.69) is 32.9 Å². The Bertz CT molecular complexity index is 352. The second-order valence-electron chi connectivity index (χ2n) is 6.15. The van der Waals surface area contributed by atoms with Crippen LogP contribution in [-0.2, 0) is 5.41 Å². The monoisotopic (exact) mass is 252 g/mol. The van der Waals surface area contributed by atoms with Crippen LogP contribution in [0.3, 0.4) is 0 Å². The predicted molar refractivity (Wildman–Crippen MR) is 74.3 cm³/mol. The highest BCUT2D eigenvalue weighted by molar-refractivity contribution is 5.31. The van der Waals surface area contributed by atoms with E-state index in [0.717, 1.165) is 5.75 Å². The molecule has 0 saturated heterocycles. The lowest BCUT2D eigenvalue weighted by atomic mass is 9.87. The fourth-order valence-corrected chi connectivity index (χ4v) is 1.77. The summed E-state index contributed by atoms with van der Waals surface area (Å²) < 4.78 is 5.57. The van der Waals surface area contributed by atoms with Crippen LogP contribution in [0.2, 0.25) is 0 Å². The summed E-state index contributed by atoms with van der Waals surface area (Å²) in [5.74, 6) is 0.816. The van der Waals surface area contributed by atoms with E-state index in [1.807, 2.05) is 26.2 Å². The normalized spacial score (nSPS) is 13.7. The summed E-state index contributed by atoms with van der Waals surface area (Å²) in [5, 5.41) is 9.72. The van der Waals surface area contributed by atoms with Gasteiger partial charge in [0.2, 0.25) is 0 Å². The number of hydrogen-bond donors (Lipinski definition) is 2. The fourth-order valence-electron chi connectivity index (χ4n) is 1.77. The molecule has 3 heteroatoms. The highest BCUT2D eigenvalue weighted by atomic mass is 16.5. The Morgan fingerprint density at radius 1 is 1.17 bits per heavy atom. The minimum Gasteiger partial charge on any atom is -0.491 e. The molecule has 1 aromatic carbocycles. The predicted octanol–water partition coefficient (Wildman–Crippen LogP) is 0.868. The number of rotatable bonds is 5. The van der Waals surface area contributed by atoms with E-state index < -0.39 is 6.10 Å². The molecule has 2 N–H and O–H groups in total. The van der Waals surface area contributed by atoms with Gasteiger partial charge in [-0.2, -0.15) is 0 Å². The van der Waals surface area contributed by atoms with E-state index in [9.17, 15) is 5.11 Å². The molecular formula is C15H26NO2+. The lowest BCUT2D eigenvalue weighted by molar-refractivity contribution is -0.861. The van der Waals surface area contributed by atoms with Crippen molar-refractivity contribution in [2.45, 2.75) is 32.3 Å². The smallest absolute Gasteiger partial charge is 0.137 e. The lowest BCUT2D eigenvalue weighted by Crippen LogP contribution is -3.07. The Labute approximate surface area is 110 Å². The van der Waals surface area contributed by atoms with Gasteiger partial charge in [-0.15, -0.1) is 0 Å². The number of ether oxygens (including phenoxy) is 1. The third kappa shape index (κ3) is 5.07. The van der Waals surface area contributed by atoms with Gasteiger partial charge in [0, 0.05) is 0 Å². The van der Waals surface area contributed by atoms with Crippen molar-refractivity contribution in [3.8, 4) is 5.75 Å². The Kier molecular flexibility index (Phi) is 5.17. The van der Waals surface area contributed by atoms with Gasteiger partial charge in [0.05, 0.1) is 14.1 Å². The summed E-state index contributed by atoms with van der Waals surface area (Å²) in [6.07, 6.45) is -0.419. The van der Waals surface area contributed by atoms with Crippen molar-refractivity contribution in [2.75, 3.05) is 27.2 Å². The van der Waals surface area contributed by atoms with Crippen LogP contribution in [-0.4, -0.2) is 38.5 Å². The largest absolute Gasteiger partial charge is 0.491 e. The molecule has 1 rings (SSSR count). The number of quaternary nitrogens is 1.